The van der Waals surface area contributed by atoms with Gasteiger partial charge in [0.25, 0.3) is 0 Å². The van der Waals surface area contributed by atoms with E-state index in [1.807, 2.05) is 56.3 Å². The Morgan fingerprint density at radius 2 is 1.70 bits per heavy atom. The molecule has 212 valence electrons. The number of hydrogen-bond acceptors (Lipinski definition) is 7. The number of hydrogen-bond donors (Lipinski definition) is 1. The first-order valence-electron chi connectivity index (χ1n) is 14.2. The van der Waals surface area contributed by atoms with Crippen LogP contribution in [0, 0.1) is 5.92 Å². The maximum atomic E-state index is 14.1. The zero-order chi connectivity index (χ0) is 28.4. The fraction of sp³-hybridized carbons (Fsp3) is 0.455. The summed E-state index contributed by atoms with van der Waals surface area (Å²) in [5, 5.41) is 3.38. The maximum absolute atomic E-state index is 14.1. The van der Waals surface area contributed by atoms with E-state index in [2.05, 4.69) is 11.9 Å². The summed E-state index contributed by atoms with van der Waals surface area (Å²) >= 11 is 0. The molecule has 2 aromatic carbocycles. The molecule has 0 aromatic heterocycles. The third kappa shape index (κ3) is 5.47. The summed E-state index contributed by atoms with van der Waals surface area (Å²) in [6.45, 7) is 8.22. The molecule has 1 saturated carbocycles. The molecular weight excluding hydrogens is 506 g/mol. The van der Waals surface area contributed by atoms with Crippen LogP contribution in [0.4, 0.5) is 0 Å². The van der Waals surface area contributed by atoms with Crippen molar-refractivity contribution in [2.45, 2.75) is 76.4 Å². The van der Waals surface area contributed by atoms with Gasteiger partial charge in [-0.05, 0) is 75.6 Å². The third-order valence-corrected chi connectivity index (χ3v) is 8.17. The van der Waals surface area contributed by atoms with Gasteiger partial charge in [0, 0.05) is 34.9 Å². The summed E-state index contributed by atoms with van der Waals surface area (Å²) in [7, 11) is 3.21. The molecule has 2 aromatic rings. The monoisotopic (exact) mass is 545 g/mol. The lowest BCUT2D eigenvalue weighted by Crippen LogP contribution is -2.42. The van der Waals surface area contributed by atoms with Crippen LogP contribution in [0.25, 0.3) is 0 Å². The summed E-state index contributed by atoms with van der Waals surface area (Å²) in [4.78, 5) is 27.8. The summed E-state index contributed by atoms with van der Waals surface area (Å²) in [6, 6.07) is 13.5. The minimum absolute atomic E-state index is 0.00375. The van der Waals surface area contributed by atoms with Crippen molar-refractivity contribution in [2.24, 2.45) is 5.92 Å². The number of benzene rings is 2. The van der Waals surface area contributed by atoms with Crippen LogP contribution in [0.15, 0.2) is 66.0 Å². The lowest BCUT2D eigenvalue weighted by molar-refractivity contribution is -0.153. The van der Waals surface area contributed by atoms with Crippen LogP contribution in [0.1, 0.15) is 75.3 Å². The Balaban J connectivity index is 1.56. The number of ether oxygens (including phenoxy) is 4. The second-order valence-electron chi connectivity index (χ2n) is 11.2. The summed E-state index contributed by atoms with van der Waals surface area (Å²) in [5.41, 5.74) is 3.77. The van der Waals surface area contributed by atoms with Gasteiger partial charge in [-0.2, -0.15) is 0 Å². The van der Waals surface area contributed by atoms with Crippen molar-refractivity contribution < 1.29 is 28.5 Å². The molecule has 7 nitrogen and oxygen atoms in total. The standard InChI is InChI=1S/C33H39NO6/c1-19(2)39-27-13-9-8-12-24(27)31-30(33(36)40-23-10-6-7-11-23)20(3)34-25-16-22(17-26(35)32(25)31)21-14-15-28(37-4)29(18-21)38-5/h8-9,12-15,18-19,22-23,30-31,34H,3,6-7,10-11,16-17H2,1-2,4-5H3. The lowest BCUT2D eigenvalue weighted by Gasteiger charge is -2.40. The van der Waals surface area contributed by atoms with E-state index in [9.17, 15) is 9.59 Å². The van der Waals surface area contributed by atoms with Crippen molar-refractivity contribution in [1.29, 1.82) is 0 Å². The highest BCUT2D eigenvalue weighted by atomic mass is 16.5. The summed E-state index contributed by atoms with van der Waals surface area (Å²) in [6.07, 6.45) is 4.62. The van der Waals surface area contributed by atoms with E-state index in [0.29, 0.717) is 41.4 Å². The van der Waals surface area contributed by atoms with Gasteiger partial charge in [0.15, 0.2) is 17.3 Å². The SMILES string of the molecule is C=C1NC2=C(C(=O)CC(c3ccc(OC)c(OC)c3)C2)C(c2ccccc2OC(C)C)C1C(=O)OC1CCCC1. The number of esters is 1. The van der Waals surface area contributed by atoms with Crippen molar-refractivity contribution in [3.63, 3.8) is 0 Å². The van der Waals surface area contributed by atoms with Crippen molar-refractivity contribution in [3.05, 3.63) is 77.1 Å². The average Bonchev–Trinajstić information content (AvgIpc) is 3.44. The van der Waals surface area contributed by atoms with E-state index in [0.717, 1.165) is 42.5 Å². The molecular formula is C33H39NO6. The van der Waals surface area contributed by atoms with Gasteiger partial charge >= 0.3 is 5.97 Å². The van der Waals surface area contributed by atoms with E-state index >= 15 is 0 Å². The second-order valence-corrected chi connectivity index (χ2v) is 11.2. The first-order chi connectivity index (χ1) is 19.3. The zero-order valence-electron chi connectivity index (χ0n) is 23.8. The number of para-hydroxylation sites is 1. The molecule has 5 rings (SSSR count). The van der Waals surface area contributed by atoms with Crippen molar-refractivity contribution in [3.8, 4) is 17.2 Å². The van der Waals surface area contributed by atoms with Crippen LogP contribution in [-0.4, -0.2) is 38.2 Å². The Labute approximate surface area is 236 Å². The zero-order valence-corrected chi connectivity index (χ0v) is 23.8. The number of methoxy groups -OCH3 is 2. The molecule has 0 spiro atoms. The molecule has 1 aliphatic heterocycles. The van der Waals surface area contributed by atoms with Gasteiger partial charge in [-0.1, -0.05) is 30.8 Å². The van der Waals surface area contributed by atoms with Crippen LogP contribution >= 0.6 is 0 Å². The molecule has 0 saturated heterocycles. The average molecular weight is 546 g/mol. The predicted molar refractivity (Wildman–Crippen MR) is 153 cm³/mol. The van der Waals surface area contributed by atoms with Crippen molar-refractivity contribution in [2.75, 3.05) is 14.2 Å². The normalized spacial score (nSPS) is 23.1. The van der Waals surface area contributed by atoms with Crippen LogP contribution < -0.4 is 19.5 Å². The maximum Gasteiger partial charge on any atom is 0.316 e. The van der Waals surface area contributed by atoms with Crippen LogP contribution in [0.3, 0.4) is 0 Å². The van der Waals surface area contributed by atoms with Gasteiger partial charge < -0.3 is 24.3 Å². The minimum Gasteiger partial charge on any atom is -0.493 e. The molecule has 3 atom stereocenters. The molecule has 1 heterocycles. The molecule has 3 aliphatic rings. The smallest absolute Gasteiger partial charge is 0.316 e. The summed E-state index contributed by atoms with van der Waals surface area (Å²) < 4.78 is 23.1. The Morgan fingerprint density at radius 1 is 0.975 bits per heavy atom. The van der Waals surface area contributed by atoms with Gasteiger partial charge in [0.2, 0.25) is 0 Å². The molecule has 0 radical (unpaired) electrons. The number of carbonyl (C=O) groups is 2. The second kappa shape index (κ2) is 11.8. The number of nitrogens with one attached hydrogen (secondary N) is 1. The van der Waals surface area contributed by atoms with E-state index in [-0.39, 0.29) is 29.9 Å². The first kappa shape index (κ1) is 27.8. The molecule has 1 N–H and O–H groups in total. The van der Waals surface area contributed by atoms with E-state index in [1.54, 1.807) is 14.2 Å². The third-order valence-electron chi connectivity index (χ3n) is 8.17. The van der Waals surface area contributed by atoms with E-state index in [1.165, 1.54) is 0 Å². The first-order valence-corrected chi connectivity index (χ1v) is 14.2. The summed E-state index contributed by atoms with van der Waals surface area (Å²) in [5.74, 6) is 0.251. The number of allylic oxidation sites excluding steroid dienone is 2. The highest BCUT2D eigenvalue weighted by molar-refractivity contribution is 6.01. The lowest BCUT2D eigenvalue weighted by atomic mass is 9.68. The fourth-order valence-electron chi connectivity index (χ4n) is 6.35. The van der Waals surface area contributed by atoms with Crippen LogP contribution in [0.2, 0.25) is 0 Å². The van der Waals surface area contributed by atoms with E-state index in [4.69, 9.17) is 18.9 Å². The van der Waals surface area contributed by atoms with Gasteiger partial charge in [-0.3, -0.25) is 9.59 Å². The minimum atomic E-state index is -0.738. The van der Waals surface area contributed by atoms with Crippen molar-refractivity contribution in [1.82, 2.24) is 5.32 Å². The molecule has 0 amide bonds. The van der Waals surface area contributed by atoms with E-state index < -0.39 is 11.8 Å². The number of rotatable bonds is 8. The molecule has 2 aliphatic carbocycles. The van der Waals surface area contributed by atoms with Gasteiger partial charge in [0.1, 0.15) is 17.8 Å². The van der Waals surface area contributed by atoms with Gasteiger partial charge in [0.05, 0.1) is 20.3 Å². The molecule has 40 heavy (non-hydrogen) atoms. The molecule has 3 unspecified atom stereocenters. The highest BCUT2D eigenvalue weighted by Gasteiger charge is 2.47. The molecule has 0 bridgehead atoms. The quantitative estimate of drug-likeness (QED) is 0.396. The fourth-order valence-corrected chi connectivity index (χ4v) is 6.35. The Bertz CT molecular complexity index is 1320. The van der Waals surface area contributed by atoms with Crippen LogP contribution in [0.5, 0.6) is 17.2 Å². The molecule has 7 heteroatoms. The van der Waals surface area contributed by atoms with Crippen molar-refractivity contribution >= 4 is 11.8 Å². The van der Waals surface area contributed by atoms with Crippen LogP contribution in [-0.2, 0) is 14.3 Å². The van der Waals surface area contributed by atoms with Gasteiger partial charge in [-0.15, -0.1) is 0 Å². The Morgan fingerprint density at radius 3 is 2.40 bits per heavy atom. The Hall–Kier alpha value is -3.74. The number of ketones is 1. The largest absolute Gasteiger partial charge is 0.493 e. The Kier molecular flexibility index (Phi) is 8.19. The highest BCUT2D eigenvalue weighted by Crippen LogP contribution is 2.50. The number of Topliss-reactive ketones (excluding diaryl/α,β-unsaturated/α-hetero) is 1. The molecule has 1 fully saturated rings. The predicted octanol–water partition coefficient (Wildman–Crippen LogP) is 6.19. The number of carbonyl (C=O) groups excluding carboxylic acids is 2. The topological polar surface area (TPSA) is 83.1 Å². The van der Waals surface area contributed by atoms with Gasteiger partial charge in [-0.25, -0.2) is 0 Å².